The van der Waals surface area contributed by atoms with Crippen molar-refractivity contribution in [3.05, 3.63) is 34.4 Å². The lowest BCUT2D eigenvalue weighted by atomic mass is 9.43. The molecule has 0 aromatic carbocycles. The van der Waals surface area contributed by atoms with Crippen LogP contribution in [0.25, 0.3) is 0 Å². The SMILES string of the molecule is CCOC(=O)CCNC(=O)N1CCN(C(=O)O[C@H]2CC[C@@]3(C)[C@H](CC[C@@H]4[C@@H]3CC[C@]3(C)[C@@H](c5ccc(=O)oc5)CC[C@]43O)C2)CC1. The highest BCUT2D eigenvalue weighted by Crippen LogP contribution is 2.70. The molecule has 0 radical (unpaired) electrons. The molecule has 3 amide bonds. The molecule has 6 rings (SSSR count). The van der Waals surface area contributed by atoms with Crippen LogP contribution in [0, 0.1) is 28.6 Å². The van der Waals surface area contributed by atoms with Crippen molar-refractivity contribution >= 4 is 18.1 Å². The number of carbonyl (C=O) groups is 3. The van der Waals surface area contributed by atoms with Crippen LogP contribution in [-0.2, 0) is 14.3 Å². The fraction of sp³-hybridized carbons (Fsp3) is 0.771. The molecule has 4 saturated carbocycles. The lowest BCUT2D eigenvalue weighted by Crippen LogP contribution is -2.62. The average Bonchev–Trinajstić information content (AvgIpc) is 3.32. The summed E-state index contributed by atoms with van der Waals surface area (Å²) in [5.74, 6) is 0.964. The fourth-order valence-corrected chi connectivity index (χ4v) is 10.3. The van der Waals surface area contributed by atoms with Crippen LogP contribution in [0.1, 0.15) is 96.5 Å². The summed E-state index contributed by atoms with van der Waals surface area (Å²) in [5.41, 5.74) is -0.210. The summed E-state index contributed by atoms with van der Waals surface area (Å²) in [6.45, 7) is 8.61. The topological polar surface area (TPSA) is 139 Å². The molecular formula is C35H51N3O8. The highest BCUT2D eigenvalue weighted by molar-refractivity contribution is 5.76. The number of esters is 1. The van der Waals surface area contributed by atoms with Crippen molar-refractivity contribution in [3.63, 3.8) is 0 Å². The minimum Gasteiger partial charge on any atom is -0.466 e. The van der Waals surface area contributed by atoms with Gasteiger partial charge in [0.25, 0.3) is 0 Å². The number of fused-ring (bicyclic) bond motifs is 5. The van der Waals surface area contributed by atoms with Crippen LogP contribution in [0.5, 0.6) is 0 Å². The maximum Gasteiger partial charge on any atom is 0.410 e. The number of hydrogen-bond donors (Lipinski definition) is 2. The highest BCUT2D eigenvalue weighted by atomic mass is 16.6. The van der Waals surface area contributed by atoms with Gasteiger partial charge >= 0.3 is 23.7 Å². The van der Waals surface area contributed by atoms with E-state index in [1.165, 1.54) is 6.07 Å². The molecule has 0 bridgehead atoms. The summed E-state index contributed by atoms with van der Waals surface area (Å²) in [4.78, 5) is 52.1. The molecule has 5 aliphatic rings. The molecule has 0 unspecified atom stereocenters. The van der Waals surface area contributed by atoms with E-state index in [1.54, 1.807) is 23.0 Å². The Kier molecular flexibility index (Phi) is 9.17. The Hall–Kier alpha value is -3.08. The van der Waals surface area contributed by atoms with E-state index in [0.29, 0.717) is 44.6 Å². The van der Waals surface area contributed by atoms with Crippen molar-refractivity contribution in [2.45, 2.75) is 103 Å². The van der Waals surface area contributed by atoms with Crippen LogP contribution in [0.4, 0.5) is 9.59 Å². The number of nitrogens with one attached hydrogen (secondary N) is 1. The van der Waals surface area contributed by atoms with Gasteiger partial charge in [0, 0.05) is 44.2 Å². The minimum absolute atomic E-state index is 0.104. The first-order valence-electron chi connectivity index (χ1n) is 17.4. The smallest absolute Gasteiger partial charge is 0.410 e. The third-order valence-electron chi connectivity index (χ3n) is 12.9. The van der Waals surface area contributed by atoms with Crippen LogP contribution in [0.3, 0.4) is 0 Å². The maximum absolute atomic E-state index is 13.2. The third-order valence-corrected chi connectivity index (χ3v) is 12.9. The Morgan fingerprint density at radius 3 is 2.46 bits per heavy atom. The largest absolute Gasteiger partial charge is 0.466 e. The number of piperazine rings is 1. The number of ether oxygens (including phenoxy) is 2. The van der Waals surface area contributed by atoms with Gasteiger partial charge < -0.3 is 34.1 Å². The van der Waals surface area contributed by atoms with Crippen molar-refractivity contribution in [2.75, 3.05) is 39.3 Å². The number of amides is 3. The van der Waals surface area contributed by atoms with Gasteiger partial charge in [-0.2, -0.15) is 0 Å². The molecule has 1 aromatic rings. The molecule has 1 saturated heterocycles. The normalized spacial score (nSPS) is 37.0. The van der Waals surface area contributed by atoms with Gasteiger partial charge in [0.05, 0.1) is 24.9 Å². The van der Waals surface area contributed by atoms with Gasteiger partial charge in [0.2, 0.25) is 0 Å². The number of urea groups is 1. The second-order valence-corrected chi connectivity index (χ2v) is 14.9. The van der Waals surface area contributed by atoms with Gasteiger partial charge in [-0.15, -0.1) is 0 Å². The molecule has 5 fully saturated rings. The molecule has 11 heteroatoms. The third kappa shape index (κ3) is 5.81. The van der Waals surface area contributed by atoms with E-state index in [9.17, 15) is 24.3 Å². The first kappa shape index (κ1) is 32.8. The van der Waals surface area contributed by atoms with Gasteiger partial charge in [-0.1, -0.05) is 13.8 Å². The zero-order valence-corrected chi connectivity index (χ0v) is 27.6. The monoisotopic (exact) mass is 641 g/mol. The second kappa shape index (κ2) is 12.8. The number of carbonyl (C=O) groups excluding carboxylic acids is 3. The van der Waals surface area contributed by atoms with E-state index in [0.717, 1.165) is 63.4 Å². The van der Waals surface area contributed by atoms with E-state index in [4.69, 9.17) is 13.9 Å². The molecule has 2 heterocycles. The molecule has 11 nitrogen and oxygen atoms in total. The van der Waals surface area contributed by atoms with E-state index in [2.05, 4.69) is 19.2 Å². The fourth-order valence-electron chi connectivity index (χ4n) is 10.3. The number of aliphatic hydroxyl groups is 1. The van der Waals surface area contributed by atoms with Crippen LogP contribution in [0.2, 0.25) is 0 Å². The van der Waals surface area contributed by atoms with Crippen LogP contribution >= 0.6 is 0 Å². The molecule has 0 spiro atoms. The Labute approximate surface area is 271 Å². The molecular weight excluding hydrogens is 590 g/mol. The van der Waals surface area contributed by atoms with Crippen molar-refractivity contribution in [1.82, 2.24) is 15.1 Å². The molecule has 4 aliphatic carbocycles. The standard InChI is InChI=1S/C35H51N3O8/c1-4-44-30(40)12-16-36-31(41)37-17-19-38(20-18-37)32(42)46-25-9-13-33(2)24(21-25)6-7-28-27(33)10-14-34(3)26(11-15-35(28,34)43)23-5-8-29(39)45-22-23/h5,8,22,24-28,43H,4,6-7,9-21H2,1-3H3,(H,36,41)/t24-,25+,26-,27+,28-,33+,34-,35+/m1/s1. The Bertz CT molecular complexity index is 1340. The van der Waals surface area contributed by atoms with Crippen LogP contribution < -0.4 is 10.9 Å². The van der Waals surface area contributed by atoms with Gasteiger partial charge in [-0.25, -0.2) is 14.4 Å². The predicted molar refractivity (Wildman–Crippen MR) is 169 cm³/mol. The van der Waals surface area contributed by atoms with E-state index in [1.807, 2.05) is 6.07 Å². The van der Waals surface area contributed by atoms with Gasteiger partial charge in [-0.05, 0) is 105 Å². The first-order chi connectivity index (χ1) is 22.0. The van der Waals surface area contributed by atoms with E-state index < -0.39 is 5.60 Å². The Morgan fingerprint density at radius 2 is 1.74 bits per heavy atom. The quantitative estimate of drug-likeness (QED) is 0.428. The Morgan fingerprint density at radius 1 is 0.978 bits per heavy atom. The summed E-state index contributed by atoms with van der Waals surface area (Å²) >= 11 is 0. The molecule has 8 atom stereocenters. The lowest BCUT2D eigenvalue weighted by molar-refractivity contribution is -0.205. The highest BCUT2D eigenvalue weighted by Gasteiger charge is 2.67. The molecule has 254 valence electrons. The zero-order valence-electron chi connectivity index (χ0n) is 27.6. The molecule has 1 aliphatic heterocycles. The second-order valence-electron chi connectivity index (χ2n) is 14.9. The number of nitrogens with zero attached hydrogens (tertiary/aromatic N) is 2. The van der Waals surface area contributed by atoms with Crippen molar-refractivity contribution in [1.29, 1.82) is 0 Å². The summed E-state index contributed by atoms with van der Waals surface area (Å²) in [5, 5.41) is 15.2. The van der Waals surface area contributed by atoms with Crippen LogP contribution in [0.15, 0.2) is 27.6 Å². The van der Waals surface area contributed by atoms with Crippen molar-refractivity contribution in [2.24, 2.45) is 28.6 Å². The average molecular weight is 642 g/mol. The first-order valence-corrected chi connectivity index (χ1v) is 17.4. The summed E-state index contributed by atoms with van der Waals surface area (Å²) in [6.07, 6.45) is 9.69. The zero-order chi connectivity index (χ0) is 32.7. The number of hydrogen-bond acceptors (Lipinski definition) is 8. The van der Waals surface area contributed by atoms with Gasteiger partial charge in [0.15, 0.2) is 0 Å². The molecule has 46 heavy (non-hydrogen) atoms. The van der Waals surface area contributed by atoms with Gasteiger partial charge in [0.1, 0.15) is 6.10 Å². The van der Waals surface area contributed by atoms with E-state index in [-0.39, 0.29) is 65.5 Å². The van der Waals surface area contributed by atoms with Gasteiger partial charge in [-0.3, -0.25) is 4.79 Å². The summed E-state index contributed by atoms with van der Waals surface area (Å²) in [7, 11) is 0. The van der Waals surface area contributed by atoms with Crippen molar-refractivity contribution < 1.29 is 33.4 Å². The maximum atomic E-state index is 13.2. The predicted octanol–water partition coefficient (Wildman–Crippen LogP) is 4.67. The lowest BCUT2D eigenvalue weighted by Gasteiger charge is -2.63. The minimum atomic E-state index is -0.742. The Balaban J connectivity index is 1.01. The summed E-state index contributed by atoms with van der Waals surface area (Å²) in [6, 6.07) is 3.14. The van der Waals surface area contributed by atoms with E-state index >= 15 is 0 Å². The summed E-state index contributed by atoms with van der Waals surface area (Å²) < 4.78 is 16.2. The van der Waals surface area contributed by atoms with Crippen molar-refractivity contribution in [3.8, 4) is 0 Å². The molecule has 2 N–H and O–H groups in total. The molecule has 1 aromatic heterocycles. The van der Waals surface area contributed by atoms with Crippen LogP contribution in [-0.4, -0.2) is 84.0 Å². The number of rotatable bonds is 6.